The van der Waals surface area contributed by atoms with Gasteiger partial charge < -0.3 is 29.6 Å². The van der Waals surface area contributed by atoms with Crippen molar-refractivity contribution in [1.82, 2.24) is 15.3 Å². The van der Waals surface area contributed by atoms with Crippen LogP contribution in [0.15, 0.2) is 112 Å². The van der Waals surface area contributed by atoms with E-state index < -0.39 is 17.0 Å². The summed E-state index contributed by atoms with van der Waals surface area (Å²) in [4.78, 5) is 24.7. The molecule has 0 spiro atoms. The molecular weight excluding hydrogens is 838 g/mol. The molecule has 7 aromatic rings. The molecule has 3 heterocycles. The minimum absolute atomic E-state index is 0. The van der Waals surface area contributed by atoms with Crippen LogP contribution < -0.4 is 20.5 Å². The Morgan fingerprint density at radius 2 is 1.21 bits per heavy atom. The lowest BCUT2D eigenvalue weighted by atomic mass is 10.2. The number of hydrogen-bond acceptors (Lipinski definition) is 10. The average molecular weight is 870 g/mol. The number of nitrogens with one attached hydrogen (secondary N) is 1. The molecule has 1 amide bonds. The van der Waals surface area contributed by atoms with Crippen LogP contribution in [0.25, 0.3) is 21.9 Å². The Hall–Kier alpha value is -5.18. The molecule has 3 aromatic heterocycles. The Bertz CT molecular complexity index is 2310. The third kappa shape index (κ3) is 13.5. The molecule has 0 saturated heterocycles. The third-order valence-electron chi connectivity index (χ3n) is 6.78. The number of nitrogen functional groups attached to an aromatic ring is 1. The Morgan fingerprint density at radius 1 is 0.714 bits per heavy atom. The van der Waals surface area contributed by atoms with Crippen LogP contribution in [0.4, 0.5) is 20.4 Å². The van der Waals surface area contributed by atoms with E-state index in [1.807, 2.05) is 18.2 Å². The molecule has 0 fully saturated rings. The lowest BCUT2D eigenvalue weighted by Gasteiger charge is -2.09. The maximum Gasteiger partial charge on any atom is 0.240 e. The zero-order valence-corrected chi connectivity index (χ0v) is 31.9. The van der Waals surface area contributed by atoms with E-state index in [0.717, 1.165) is 0 Å². The molecular formula is C38H32Cl5F2N5O6. The first-order valence-electron chi connectivity index (χ1n) is 15.6. The predicted octanol–water partition coefficient (Wildman–Crippen LogP) is 10.9. The number of benzene rings is 4. The van der Waals surface area contributed by atoms with E-state index in [4.69, 9.17) is 82.3 Å². The summed E-state index contributed by atoms with van der Waals surface area (Å²) in [5.74, 6) is -0.113. The van der Waals surface area contributed by atoms with Gasteiger partial charge in [-0.3, -0.25) is 14.6 Å². The van der Waals surface area contributed by atoms with Gasteiger partial charge in [0.05, 0.1) is 5.88 Å². The normalized spacial score (nSPS) is 10.1. The molecule has 0 aliphatic rings. The second-order valence-corrected chi connectivity index (χ2v) is 12.4. The van der Waals surface area contributed by atoms with E-state index in [1.54, 1.807) is 48.8 Å². The summed E-state index contributed by atoms with van der Waals surface area (Å²) >= 11 is 27.0. The zero-order chi connectivity index (χ0) is 39.7. The van der Waals surface area contributed by atoms with Crippen LogP contribution in [0.2, 0.25) is 10.0 Å². The number of ether oxygens (including phenoxy) is 2. The van der Waals surface area contributed by atoms with Crippen LogP contribution >= 0.6 is 58.0 Å². The van der Waals surface area contributed by atoms with Crippen molar-refractivity contribution in [3.63, 3.8) is 0 Å². The zero-order valence-electron chi connectivity index (χ0n) is 28.2. The first kappa shape index (κ1) is 45.2. The third-order valence-corrected chi connectivity index (χ3v) is 8.27. The second-order valence-electron chi connectivity index (χ2n) is 10.6. The molecule has 0 aliphatic heterocycles. The molecule has 0 bridgehead atoms. The van der Waals surface area contributed by atoms with Crippen LogP contribution in [0.3, 0.4) is 0 Å². The predicted molar refractivity (Wildman–Crippen MR) is 216 cm³/mol. The van der Waals surface area contributed by atoms with Gasteiger partial charge in [-0.15, -0.1) is 23.2 Å². The Kier molecular flexibility index (Phi) is 18.6. The van der Waals surface area contributed by atoms with E-state index in [9.17, 15) is 18.4 Å². The van der Waals surface area contributed by atoms with Gasteiger partial charge in [0.25, 0.3) is 0 Å². The summed E-state index contributed by atoms with van der Waals surface area (Å²) in [6.45, 7) is 0.171. The number of fused-ring (bicyclic) bond motifs is 2. The van der Waals surface area contributed by atoms with E-state index in [2.05, 4.69) is 20.6 Å². The van der Waals surface area contributed by atoms with Crippen molar-refractivity contribution in [3.05, 3.63) is 136 Å². The number of hydrogen-bond donors (Lipinski definition) is 2. The van der Waals surface area contributed by atoms with Crippen LogP contribution in [0, 0.1) is 11.6 Å². The SMILES string of the molecule is C.Nc1noc2cccc(OCc3cc(F)ccc3Cl)c12.O=C(CCl)Nc1noc2cccc(OCc3cc(F)ccc3Cl)c12.O=C(Cl)CCl.c1ccncc1. The average Bonchev–Trinajstić information content (AvgIpc) is 3.80. The molecule has 4 aromatic carbocycles. The number of aromatic nitrogens is 3. The highest BCUT2D eigenvalue weighted by molar-refractivity contribution is 6.67. The standard InChI is InChI=1S/C16H11Cl2FN2O3.C14H10ClFN2O2.C5H5N.C2H2Cl2O.CH4/c17-7-14(22)20-16-15-12(2-1-3-13(15)24-21-16)23-8-9-6-10(19)4-5-11(9)18;15-10-5-4-9(16)6-8(10)7-19-11-2-1-3-12-13(11)14(17)18-20-12;1-2-4-6-5-3-1;3-1-2(4)5;/h1-6H,7-8H2,(H,20,21,22);1-6H,7H2,(H2,17,18);1-5H;1H2;1H4. The summed E-state index contributed by atoms with van der Waals surface area (Å²) in [6.07, 6.45) is 3.50. The van der Waals surface area contributed by atoms with E-state index >= 15 is 0 Å². The molecule has 0 unspecified atom stereocenters. The van der Waals surface area contributed by atoms with E-state index in [0.29, 0.717) is 54.6 Å². The monoisotopic (exact) mass is 867 g/mol. The van der Waals surface area contributed by atoms with Crippen molar-refractivity contribution in [2.24, 2.45) is 0 Å². The number of pyridine rings is 1. The number of nitrogens with zero attached hydrogens (tertiary/aromatic N) is 3. The molecule has 0 radical (unpaired) electrons. The molecule has 0 atom stereocenters. The number of carbonyl (C=O) groups excluding carboxylic acids is 2. The number of rotatable bonds is 9. The fourth-order valence-electron chi connectivity index (χ4n) is 4.37. The van der Waals surface area contributed by atoms with Gasteiger partial charge in [0.2, 0.25) is 11.1 Å². The topological polar surface area (TPSA) is 156 Å². The van der Waals surface area contributed by atoms with Gasteiger partial charge in [0, 0.05) is 33.6 Å². The summed E-state index contributed by atoms with van der Waals surface area (Å²) < 4.78 is 48.1. The second kappa shape index (κ2) is 23.0. The highest BCUT2D eigenvalue weighted by atomic mass is 35.5. The molecule has 0 aliphatic carbocycles. The van der Waals surface area contributed by atoms with E-state index in [-0.39, 0.29) is 49.9 Å². The van der Waals surface area contributed by atoms with Crippen molar-refractivity contribution in [3.8, 4) is 11.5 Å². The molecule has 18 heteroatoms. The Morgan fingerprint density at radius 3 is 1.68 bits per heavy atom. The number of nitrogens with two attached hydrogens (primary N) is 1. The number of halogens is 7. The highest BCUT2D eigenvalue weighted by Gasteiger charge is 2.16. The quantitative estimate of drug-likeness (QED) is 0.106. The summed E-state index contributed by atoms with van der Waals surface area (Å²) in [5.41, 5.74) is 7.75. The van der Waals surface area contributed by atoms with Gasteiger partial charge in [0.15, 0.2) is 22.8 Å². The Labute approximate surface area is 344 Å². The molecule has 3 N–H and O–H groups in total. The number of anilines is 2. The number of alkyl halides is 2. The van der Waals surface area contributed by atoms with Crippen molar-refractivity contribution < 1.29 is 36.9 Å². The van der Waals surface area contributed by atoms with Crippen LogP contribution in [0.5, 0.6) is 11.5 Å². The lowest BCUT2D eigenvalue weighted by Crippen LogP contribution is -2.13. The lowest BCUT2D eigenvalue weighted by molar-refractivity contribution is -0.114. The summed E-state index contributed by atoms with van der Waals surface area (Å²) in [7, 11) is 0. The van der Waals surface area contributed by atoms with Crippen LogP contribution in [-0.4, -0.2) is 38.2 Å². The van der Waals surface area contributed by atoms with Crippen molar-refractivity contribution in [2.75, 3.05) is 22.8 Å². The fraction of sp³-hybridized carbons (Fsp3) is 0.132. The first-order valence-corrected chi connectivity index (χ1v) is 17.8. The highest BCUT2D eigenvalue weighted by Crippen LogP contribution is 2.34. The minimum Gasteiger partial charge on any atom is -0.488 e. The molecule has 294 valence electrons. The molecule has 7 rings (SSSR count). The minimum atomic E-state index is -0.508. The van der Waals surface area contributed by atoms with Crippen molar-refractivity contribution >= 4 is 103 Å². The molecule has 56 heavy (non-hydrogen) atoms. The van der Waals surface area contributed by atoms with Crippen molar-refractivity contribution in [1.29, 1.82) is 0 Å². The van der Waals surface area contributed by atoms with Crippen molar-refractivity contribution in [2.45, 2.75) is 20.6 Å². The summed E-state index contributed by atoms with van der Waals surface area (Å²) in [5, 5.41) is 11.4. The maximum absolute atomic E-state index is 13.3. The smallest absolute Gasteiger partial charge is 0.240 e. The maximum atomic E-state index is 13.3. The van der Waals surface area contributed by atoms with Crippen LogP contribution in [-0.2, 0) is 22.8 Å². The van der Waals surface area contributed by atoms with Gasteiger partial charge in [-0.25, -0.2) is 8.78 Å². The fourth-order valence-corrected chi connectivity index (χ4v) is 4.78. The first-order chi connectivity index (χ1) is 26.5. The molecule has 11 nitrogen and oxygen atoms in total. The number of amides is 1. The van der Waals surface area contributed by atoms with E-state index in [1.165, 1.54) is 36.4 Å². The van der Waals surface area contributed by atoms with Gasteiger partial charge in [-0.1, -0.05) is 59.1 Å². The van der Waals surface area contributed by atoms with Crippen LogP contribution in [0.1, 0.15) is 18.6 Å². The van der Waals surface area contributed by atoms with Gasteiger partial charge in [-0.05, 0) is 84.4 Å². The largest absolute Gasteiger partial charge is 0.488 e. The summed E-state index contributed by atoms with van der Waals surface area (Å²) in [6, 6.07) is 24.2. The Balaban J connectivity index is 0.000000235. The molecule has 0 saturated carbocycles. The number of carbonyl (C=O) groups is 2. The van der Waals surface area contributed by atoms with Gasteiger partial charge in [-0.2, -0.15) is 0 Å². The van der Waals surface area contributed by atoms with Gasteiger partial charge in [0.1, 0.15) is 53.0 Å². The van der Waals surface area contributed by atoms with Gasteiger partial charge >= 0.3 is 0 Å².